The summed E-state index contributed by atoms with van der Waals surface area (Å²) in [5, 5.41) is 12.7. The number of halogens is 3. The molecule has 1 amide bonds. The van der Waals surface area contributed by atoms with Gasteiger partial charge in [0.15, 0.2) is 5.82 Å². The number of carboxylic acids is 1. The standard InChI is InChI=1S/C38H46F3N3O4/c1-23-16-28(39)18-26-11-7-5-4-6-8-12-33(44-22-24(10-9-15-43(2)3)17-31(40)38(44)48)37(47)42-32(21-34(45)46)30-20-27(35(23)26)19-29(36(30)41)25-13-14-25/h16-20,22,25,32-33H,4-15,21H2,1-3H3,(H,42,47)(H,45,46)/t32-,33-/m0/s1. The molecule has 0 unspecified atom stereocenters. The molecular weight excluding hydrogens is 619 g/mol. The zero-order valence-electron chi connectivity index (χ0n) is 28.1. The summed E-state index contributed by atoms with van der Waals surface area (Å²) in [4.78, 5) is 41.5. The van der Waals surface area contributed by atoms with Crippen molar-refractivity contribution in [2.24, 2.45) is 0 Å². The van der Waals surface area contributed by atoms with Crippen molar-refractivity contribution in [3.8, 4) is 11.1 Å². The highest BCUT2D eigenvalue weighted by Crippen LogP contribution is 2.45. The lowest BCUT2D eigenvalue weighted by molar-refractivity contribution is -0.138. The van der Waals surface area contributed by atoms with E-state index in [0.29, 0.717) is 41.5 Å². The van der Waals surface area contributed by atoms with Gasteiger partial charge in [-0.25, -0.2) is 13.2 Å². The molecule has 1 aliphatic carbocycles. The van der Waals surface area contributed by atoms with Crippen LogP contribution in [0.5, 0.6) is 0 Å². The number of aliphatic carboxylic acids is 1. The van der Waals surface area contributed by atoms with E-state index in [2.05, 4.69) is 5.32 Å². The highest BCUT2D eigenvalue weighted by Gasteiger charge is 2.33. The van der Waals surface area contributed by atoms with E-state index in [0.717, 1.165) is 67.2 Å². The van der Waals surface area contributed by atoms with Crippen LogP contribution in [0.3, 0.4) is 0 Å². The number of nitrogens with one attached hydrogen (secondary N) is 1. The van der Waals surface area contributed by atoms with Gasteiger partial charge in [0.05, 0.1) is 12.5 Å². The summed E-state index contributed by atoms with van der Waals surface area (Å²) in [5.74, 6) is -3.83. The van der Waals surface area contributed by atoms with E-state index in [4.69, 9.17) is 0 Å². The number of benzene rings is 2. The molecule has 0 spiro atoms. The summed E-state index contributed by atoms with van der Waals surface area (Å²) < 4.78 is 47.2. The number of nitrogens with zero attached hydrogens (tertiary/aromatic N) is 2. The molecule has 1 saturated carbocycles. The topological polar surface area (TPSA) is 91.6 Å². The van der Waals surface area contributed by atoms with Crippen molar-refractivity contribution in [2.75, 3.05) is 20.6 Å². The molecule has 258 valence electrons. The minimum absolute atomic E-state index is 0.0293. The number of aryl methyl sites for hydroxylation is 3. The van der Waals surface area contributed by atoms with Gasteiger partial charge >= 0.3 is 5.97 Å². The lowest BCUT2D eigenvalue weighted by atomic mass is 9.87. The van der Waals surface area contributed by atoms with Crippen molar-refractivity contribution < 1.29 is 27.9 Å². The van der Waals surface area contributed by atoms with Crippen LogP contribution in [0.1, 0.15) is 110 Å². The van der Waals surface area contributed by atoms with Crippen molar-refractivity contribution in [1.29, 1.82) is 0 Å². The molecule has 48 heavy (non-hydrogen) atoms. The van der Waals surface area contributed by atoms with Gasteiger partial charge in [0, 0.05) is 11.8 Å². The maximum Gasteiger partial charge on any atom is 0.305 e. The van der Waals surface area contributed by atoms with Crippen molar-refractivity contribution in [2.45, 2.75) is 102 Å². The Hall–Kier alpha value is -3.92. The van der Waals surface area contributed by atoms with Crippen LogP contribution in [-0.4, -0.2) is 47.1 Å². The Balaban J connectivity index is 1.61. The maximum absolute atomic E-state index is 16.4. The zero-order chi connectivity index (χ0) is 34.5. The number of pyridine rings is 1. The fourth-order valence-electron chi connectivity index (χ4n) is 7.03. The average Bonchev–Trinajstić information content (AvgIpc) is 3.85. The number of amides is 1. The Kier molecular flexibility index (Phi) is 11.5. The molecule has 1 aliphatic heterocycles. The Bertz CT molecular complexity index is 1720. The molecule has 10 heteroatoms. The molecule has 7 nitrogen and oxygen atoms in total. The number of carboxylic acid groups (broad SMARTS) is 1. The van der Waals surface area contributed by atoms with Gasteiger partial charge in [0.25, 0.3) is 5.56 Å². The first kappa shape index (κ1) is 35.4. The number of carbonyl (C=O) groups excluding carboxylic acids is 1. The third-order valence-electron chi connectivity index (χ3n) is 9.58. The molecular formula is C38H46F3N3O4. The van der Waals surface area contributed by atoms with Gasteiger partial charge in [0.2, 0.25) is 5.91 Å². The summed E-state index contributed by atoms with van der Waals surface area (Å²) in [7, 11) is 3.87. The lowest BCUT2D eigenvalue weighted by Gasteiger charge is -2.26. The van der Waals surface area contributed by atoms with Crippen molar-refractivity contribution in [1.82, 2.24) is 14.8 Å². The number of fused-ring (bicyclic) bond motifs is 4. The first-order valence-electron chi connectivity index (χ1n) is 17.1. The molecule has 2 bridgehead atoms. The number of carbonyl (C=O) groups is 2. The van der Waals surface area contributed by atoms with Gasteiger partial charge in [-0.05, 0) is 142 Å². The van der Waals surface area contributed by atoms with Crippen LogP contribution in [0.2, 0.25) is 0 Å². The lowest BCUT2D eigenvalue weighted by Crippen LogP contribution is -2.40. The van der Waals surface area contributed by atoms with E-state index < -0.39 is 47.6 Å². The quantitative estimate of drug-likeness (QED) is 0.262. The first-order chi connectivity index (χ1) is 22.9. The Morgan fingerprint density at radius 1 is 0.958 bits per heavy atom. The Labute approximate surface area is 280 Å². The Morgan fingerprint density at radius 3 is 2.38 bits per heavy atom. The van der Waals surface area contributed by atoms with Gasteiger partial charge in [-0.15, -0.1) is 0 Å². The molecule has 2 aliphatic rings. The molecule has 2 atom stereocenters. The minimum Gasteiger partial charge on any atom is -0.481 e. The van der Waals surface area contributed by atoms with E-state index in [1.54, 1.807) is 12.1 Å². The second kappa shape index (κ2) is 15.5. The van der Waals surface area contributed by atoms with E-state index in [1.165, 1.54) is 24.4 Å². The molecule has 5 rings (SSSR count). The molecule has 2 aromatic carbocycles. The highest BCUT2D eigenvalue weighted by atomic mass is 19.1. The molecule has 3 aromatic rings. The summed E-state index contributed by atoms with van der Waals surface area (Å²) in [6.45, 7) is 2.57. The number of hydrogen-bond donors (Lipinski definition) is 2. The van der Waals surface area contributed by atoms with Crippen LogP contribution < -0.4 is 10.9 Å². The maximum atomic E-state index is 16.4. The van der Waals surface area contributed by atoms with Crippen molar-refractivity contribution in [3.63, 3.8) is 0 Å². The smallest absolute Gasteiger partial charge is 0.305 e. The van der Waals surface area contributed by atoms with Crippen LogP contribution in [0.4, 0.5) is 13.2 Å². The average molecular weight is 666 g/mol. The van der Waals surface area contributed by atoms with Crippen LogP contribution in [-0.2, 0) is 22.4 Å². The number of aromatic nitrogens is 1. The monoisotopic (exact) mass is 665 g/mol. The SMILES string of the molecule is Cc1cc(F)cc2c1-c1cc(C3CC3)c(F)c(c1)[C@H](CC(=O)O)NC(=O)[C@@H](n1cc(CCCN(C)C)cc(F)c1=O)CCCCCCC2. The molecule has 2 heterocycles. The summed E-state index contributed by atoms with van der Waals surface area (Å²) in [6.07, 6.45) is 8.35. The van der Waals surface area contributed by atoms with E-state index >= 15 is 8.78 Å². The van der Waals surface area contributed by atoms with Gasteiger partial charge < -0.3 is 19.9 Å². The van der Waals surface area contributed by atoms with Crippen LogP contribution in [0, 0.1) is 24.4 Å². The second-order valence-electron chi connectivity index (χ2n) is 13.8. The normalized spacial score (nSPS) is 19.2. The third kappa shape index (κ3) is 8.56. The largest absolute Gasteiger partial charge is 0.481 e. The predicted octanol–water partition coefficient (Wildman–Crippen LogP) is 7.38. The van der Waals surface area contributed by atoms with Gasteiger partial charge in [-0.3, -0.25) is 14.4 Å². The summed E-state index contributed by atoms with van der Waals surface area (Å²) in [5.41, 5.74) is 3.06. The highest BCUT2D eigenvalue weighted by molar-refractivity contribution is 5.82. The molecule has 2 N–H and O–H groups in total. The van der Waals surface area contributed by atoms with Gasteiger partial charge in [-0.1, -0.05) is 25.7 Å². The predicted molar refractivity (Wildman–Crippen MR) is 180 cm³/mol. The molecule has 0 saturated heterocycles. The summed E-state index contributed by atoms with van der Waals surface area (Å²) in [6, 6.07) is 5.16. The van der Waals surface area contributed by atoms with Crippen LogP contribution in [0.25, 0.3) is 11.1 Å². The van der Waals surface area contributed by atoms with E-state index in [1.807, 2.05) is 25.9 Å². The van der Waals surface area contributed by atoms with Crippen molar-refractivity contribution in [3.05, 3.63) is 92.2 Å². The molecule has 0 radical (unpaired) electrons. The molecule has 1 fully saturated rings. The Morgan fingerprint density at radius 2 is 1.67 bits per heavy atom. The fraction of sp³-hybridized carbons (Fsp3) is 0.500. The second-order valence-corrected chi connectivity index (χ2v) is 13.8. The first-order valence-corrected chi connectivity index (χ1v) is 17.1. The van der Waals surface area contributed by atoms with Crippen LogP contribution in [0.15, 0.2) is 41.3 Å². The minimum atomic E-state index is -1.27. The molecule has 1 aromatic heterocycles. The zero-order valence-corrected chi connectivity index (χ0v) is 28.1. The van der Waals surface area contributed by atoms with Crippen LogP contribution >= 0.6 is 0 Å². The fourth-order valence-corrected chi connectivity index (χ4v) is 7.03. The third-order valence-corrected chi connectivity index (χ3v) is 9.58. The van der Waals surface area contributed by atoms with Crippen molar-refractivity contribution >= 4 is 11.9 Å². The number of hydrogen-bond acceptors (Lipinski definition) is 4. The van der Waals surface area contributed by atoms with Gasteiger partial charge in [-0.2, -0.15) is 0 Å². The number of rotatable bonds is 8. The summed E-state index contributed by atoms with van der Waals surface area (Å²) >= 11 is 0. The van der Waals surface area contributed by atoms with E-state index in [9.17, 15) is 23.9 Å². The van der Waals surface area contributed by atoms with Gasteiger partial charge in [0.1, 0.15) is 17.7 Å². The van der Waals surface area contributed by atoms with E-state index in [-0.39, 0.29) is 23.7 Å².